The van der Waals surface area contributed by atoms with E-state index in [1.54, 1.807) is 6.92 Å². The quantitative estimate of drug-likeness (QED) is 0.187. The van der Waals surface area contributed by atoms with E-state index >= 15 is 0 Å². The molecule has 2 aromatic carbocycles. The van der Waals surface area contributed by atoms with Crippen LogP contribution in [0.1, 0.15) is 92.3 Å². The van der Waals surface area contributed by atoms with Gasteiger partial charge < -0.3 is 10.1 Å². The first kappa shape index (κ1) is 38.5. The monoisotopic (exact) mass is 708 g/mol. The second-order valence-electron chi connectivity index (χ2n) is 13.2. The van der Waals surface area contributed by atoms with Crippen molar-refractivity contribution >= 4 is 11.9 Å². The van der Waals surface area contributed by atoms with Gasteiger partial charge >= 0.3 is 24.5 Å². The van der Waals surface area contributed by atoms with Crippen molar-refractivity contribution in [3.05, 3.63) is 69.8 Å². The van der Waals surface area contributed by atoms with Crippen LogP contribution in [0, 0.1) is 23.7 Å². The first-order chi connectivity index (χ1) is 22.8. The number of benzene rings is 2. The predicted molar refractivity (Wildman–Crippen MR) is 163 cm³/mol. The summed E-state index contributed by atoms with van der Waals surface area (Å²) in [5, 5.41) is 2.51. The highest BCUT2D eigenvalue weighted by molar-refractivity contribution is 5.82. The van der Waals surface area contributed by atoms with Crippen LogP contribution in [-0.2, 0) is 45.8 Å². The summed E-state index contributed by atoms with van der Waals surface area (Å²) in [6.45, 7) is 7.04. The molecule has 14 heteroatoms. The van der Waals surface area contributed by atoms with Crippen molar-refractivity contribution in [2.75, 3.05) is 19.7 Å². The summed E-state index contributed by atoms with van der Waals surface area (Å²) in [4.78, 5) is 27.2. The summed E-state index contributed by atoms with van der Waals surface area (Å²) in [5.74, 6) is -2.18. The minimum absolute atomic E-state index is 0.00592. The van der Waals surface area contributed by atoms with E-state index in [0.717, 1.165) is 37.8 Å². The lowest BCUT2D eigenvalue weighted by Crippen LogP contribution is -2.32. The molecule has 1 N–H and O–H groups in total. The summed E-state index contributed by atoms with van der Waals surface area (Å²) >= 11 is 0. The van der Waals surface area contributed by atoms with Crippen LogP contribution in [0.5, 0.6) is 0 Å². The minimum Gasteiger partial charge on any atom is -0.466 e. The standard InChI is InChI=1S/C35H41F9N2O3/c1-4-46(18-22-8-6-21(7-9-22)12-30(47)49-5-2)19-23-10-11-26(33(36,37)38)13-24(23)16-29-20(3)31(45-32(29)48)25-14-27(34(39,40)41)17-28(15-25)35(42,43)44/h10-11,13-15,17,20-22,29,31H,4-9,12,16,18-19H2,1-3H3,(H,45,48)/t20-,21?,22?,29?,31+/m0/s1. The molecule has 0 bridgehead atoms. The Balaban J connectivity index is 1.54. The highest BCUT2D eigenvalue weighted by Crippen LogP contribution is 2.43. The van der Waals surface area contributed by atoms with Crippen LogP contribution in [0.15, 0.2) is 36.4 Å². The van der Waals surface area contributed by atoms with Crippen LogP contribution in [0.2, 0.25) is 0 Å². The van der Waals surface area contributed by atoms with Gasteiger partial charge in [0.05, 0.1) is 29.3 Å². The van der Waals surface area contributed by atoms with Gasteiger partial charge in [-0.05, 0) is 110 Å². The number of esters is 1. The highest BCUT2D eigenvalue weighted by atomic mass is 19.4. The zero-order chi connectivity index (χ0) is 36.3. The maximum absolute atomic E-state index is 13.8. The number of rotatable bonds is 11. The molecule has 2 aliphatic rings. The molecule has 5 nitrogen and oxygen atoms in total. The first-order valence-corrected chi connectivity index (χ1v) is 16.5. The van der Waals surface area contributed by atoms with Gasteiger partial charge in [-0.2, -0.15) is 39.5 Å². The Bertz CT molecular complexity index is 1430. The summed E-state index contributed by atoms with van der Waals surface area (Å²) in [5.41, 5.74) is -3.57. The lowest BCUT2D eigenvalue weighted by atomic mass is 9.80. The van der Waals surface area contributed by atoms with Crippen LogP contribution in [0.4, 0.5) is 39.5 Å². The molecular formula is C35H41F9N2O3. The number of nitrogens with zero attached hydrogens (tertiary/aromatic N) is 1. The molecule has 49 heavy (non-hydrogen) atoms. The number of amides is 1. The molecule has 0 spiro atoms. The fraction of sp³-hybridized carbons (Fsp3) is 0.600. The van der Waals surface area contributed by atoms with Crippen molar-refractivity contribution in [1.29, 1.82) is 0 Å². The van der Waals surface area contributed by atoms with Crippen molar-refractivity contribution in [3.63, 3.8) is 0 Å². The number of hydrogen-bond donors (Lipinski definition) is 1. The number of carbonyl (C=O) groups is 2. The number of nitrogens with one attached hydrogen (secondary N) is 1. The van der Waals surface area contributed by atoms with E-state index < -0.39 is 59.0 Å². The number of carbonyl (C=O) groups excluding carboxylic acids is 2. The van der Waals surface area contributed by atoms with E-state index in [1.165, 1.54) is 13.0 Å². The van der Waals surface area contributed by atoms with Gasteiger partial charge in [0.15, 0.2) is 0 Å². The van der Waals surface area contributed by atoms with E-state index in [-0.39, 0.29) is 42.0 Å². The van der Waals surface area contributed by atoms with Gasteiger partial charge in [0.2, 0.25) is 5.91 Å². The highest BCUT2D eigenvalue weighted by Gasteiger charge is 2.44. The summed E-state index contributed by atoms with van der Waals surface area (Å²) in [6, 6.07) is 3.23. The van der Waals surface area contributed by atoms with Crippen molar-refractivity contribution < 1.29 is 53.8 Å². The van der Waals surface area contributed by atoms with Gasteiger partial charge in [-0.1, -0.05) is 19.9 Å². The largest absolute Gasteiger partial charge is 0.466 e. The first-order valence-electron chi connectivity index (χ1n) is 16.5. The Kier molecular flexibility index (Phi) is 12.0. The fourth-order valence-corrected chi connectivity index (χ4v) is 7.06. The maximum Gasteiger partial charge on any atom is 0.416 e. The van der Waals surface area contributed by atoms with Crippen molar-refractivity contribution in [2.45, 2.75) is 90.4 Å². The Labute approximate surface area is 279 Å². The normalized spacial score (nSPS) is 23.5. The average Bonchev–Trinajstić information content (AvgIpc) is 3.29. The van der Waals surface area contributed by atoms with Gasteiger partial charge in [0.1, 0.15) is 0 Å². The maximum atomic E-state index is 13.8. The van der Waals surface area contributed by atoms with Crippen molar-refractivity contribution in [1.82, 2.24) is 10.2 Å². The Hall–Kier alpha value is -3.29. The predicted octanol–water partition coefficient (Wildman–Crippen LogP) is 8.99. The Morgan fingerprint density at radius 3 is 1.92 bits per heavy atom. The summed E-state index contributed by atoms with van der Waals surface area (Å²) in [6.07, 6.45) is -11.2. The minimum atomic E-state index is -5.08. The fourth-order valence-electron chi connectivity index (χ4n) is 7.06. The molecule has 4 rings (SSSR count). The van der Waals surface area contributed by atoms with Crippen LogP contribution in [0.3, 0.4) is 0 Å². The van der Waals surface area contributed by atoms with Crippen LogP contribution in [0.25, 0.3) is 0 Å². The third kappa shape index (κ3) is 9.91. The lowest BCUT2D eigenvalue weighted by Gasteiger charge is -2.32. The molecule has 272 valence electrons. The second kappa shape index (κ2) is 15.3. The van der Waals surface area contributed by atoms with E-state index in [4.69, 9.17) is 4.74 Å². The number of halogens is 9. The Morgan fingerprint density at radius 2 is 1.39 bits per heavy atom. The molecular weight excluding hydrogens is 667 g/mol. The molecule has 1 unspecified atom stereocenters. The molecule has 1 heterocycles. The summed E-state index contributed by atoms with van der Waals surface area (Å²) in [7, 11) is 0. The van der Waals surface area contributed by atoms with Gasteiger partial charge in [-0.3, -0.25) is 14.5 Å². The Morgan fingerprint density at radius 1 is 0.816 bits per heavy atom. The second-order valence-corrected chi connectivity index (χ2v) is 13.2. The average molecular weight is 709 g/mol. The lowest BCUT2D eigenvalue weighted by molar-refractivity contribution is -0.145. The smallest absolute Gasteiger partial charge is 0.416 e. The molecule has 1 aliphatic carbocycles. The molecule has 3 atom stereocenters. The molecule has 1 saturated heterocycles. The summed E-state index contributed by atoms with van der Waals surface area (Å²) < 4.78 is 128. The van der Waals surface area contributed by atoms with Crippen LogP contribution in [-0.4, -0.2) is 36.5 Å². The van der Waals surface area contributed by atoms with Gasteiger partial charge in [0.25, 0.3) is 0 Å². The molecule has 2 aromatic rings. The van der Waals surface area contributed by atoms with E-state index in [0.29, 0.717) is 49.7 Å². The molecule has 1 aliphatic heterocycles. The SMILES string of the molecule is CCOC(=O)CC1CCC(CN(CC)Cc2ccc(C(F)(F)F)cc2CC2C(=O)N[C@@H](c3cc(C(F)(F)F)cc(C(F)(F)F)c3)[C@H]2C)CC1. The third-order valence-electron chi connectivity index (χ3n) is 9.82. The van der Waals surface area contributed by atoms with Crippen molar-refractivity contribution in [2.24, 2.45) is 23.7 Å². The third-order valence-corrected chi connectivity index (χ3v) is 9.82. The molecule has 2 fully saturated rings. The van der Waals surface area contributed by atoms with E-state index in [9.17, 15) is 49.1 Å². The molecule has 0 radical (unpaired) electrons. The number of alkyl halides is 9. The molecule has 1 amide bonds. The zero-order valence-corrected chi connectivity index (χ0v) is 27.5. The van der Waals surface area contributed by atoms with Gasteiger partial charge in [-0.25, -0.2) is 0 Å². The van der Waals surface area contributed by atoms with E-state index in [2.05, 4.69) is 10.2 Å². The molecule has 0 aromatic heterocycles. The number of ether oxygens (including phenoxy) is 1. The topological polar surface area (TPSA) is 58.6 Å². The van der Waals surface area contributed by atoms with Crippen LogP contribution >= 0.6 is 0 Å². The van der Waals surface area contributed by atoms with E-state index in [1.807, 2.05) is 6.92 Å². The zero-order valence-electron chi connectivity index (χ0n) is 27.5. The van der Waals surface area contributed by atoms with Gasteiger partial charge in [0, 0.05) is 25.4 Å². The molecule has 1 saturated carbocycles. The van der Waals surface area contributed by atoms with Crippen molar-refractivity contribution in [3.8, 4) is 0 Å². The van der Waals surface area contributed by atoms with Gasteiger partial charge in [-0.15, -0.1) is 0 Å². The van der Waals surface area contributed by atoms with Crippen LogP contribution < -0.4 is 5.32 Å². The number of hydrogen-bond acceptors (Lipinski definition) is 4.